The van der Waals surface area contributed by atoms with E-state index in [0.29, 0.717) is 12.8 Å². The van der Waals surface area contributed by atoms with Crippen molar-refractivity contribution in [3.63, 3.8) is 0 Å². The van der Waals surface area contributed by atoms with Crippen LogP contribution in [0.15, 0.2) is 48.5 Å². The molecule has 146 valence electrons. The molecule has 1 heterocycles. The van der Waals surface area contributed by atoms with Gasteiger partial charge in [-0.05, 0) is 43.0 Å². The molecule has 0 unspecified atom stereocenters. The molecule has 1 saturated heterocycles. The molecule has 6 heteroatoms. The van der Waals surface area contributed by atoms with Crippen LogP contribution in [0.4, 0.5) is 4.79 Å². The van der Waals surface area contributed by atoms with Crippen LogP contribution in [0.5, 0.6) is 5.75 Å². The van der Waals surface area contributed by atoms with E-state index in [9.17, 15) is 14.4 Å². The Hall–Kier alpha value is -3.15. The fourth-order valence-corrected chi connectivity index (χ4v) is 3.15. The Morgan fingerprint density at radius 2 is 1.25 bits per heavy atom. The predicted molar refractivity (Wildman–Crippen MR) is 105 cm³/mol. The summed E-state index contributed by atoms with van der Waals surface area (Å²) in [7, 11) is 1.60. The van der Waals surface area contributed by atoms with Crippen molar-refractivity contribution in [3.05, 3.63) is 65.2 Å². The third-order valence-corrected chi connectivity index (χ3v) is 4.89. The number of carbonyl (C=O) groups is 3. The quantitative estimate of drug-likeness (QED) is 0.693. The Balaban J connectivity index is 1.62. The van der Waals surface area contributed by atoms with Gasteiger partial charge in [0.15, 0.2) is 0 Å². The van der Waals surface area contributed by atoms with E-state index in [-0.39, 0.29) is 19.5 Å². The minimum absolute atomic E-state index is 0.248. The molecule has 28 heavy (non-hydrogen) atoms. The summed E-state index contributed by atoms with van der Waals surface area (Å²) in [4.78, 5) is 39.6. The van der Waals surface area contributed by atoms with E-state index in [2.05, 4.69) is 0 Å². The van der Waals surface area contributed by atoms with E-state index in [4.69, 9.17) is 4.74 Å². The number of aryl methyl sites for hydroxylation is 1. The second kappa shape index (κ2) is 8.69. The first-order chi connectivity index (χ1) is 13.5. The number of imide groups is 2. The molecule has 0 bridgehead atoms. The van der Waals surface area contributed by atoms with E-state index in [0.717, 1.165) is 22.4 Å². The zero-order chi connectivity index (χ0) is 20.1. The van der Waals surface area contributed by atoms with Gasteiger partial charge in [0, 0.05) is 13.1 Å². The highest BCUT2D eigenvalue weighted by atomic mass is 16.5. The second-order valence-electron chi connectivity index (χ2n) is 6.88. The average molecular weight is 380 g/mol. The van der Waals surface area contributed by atoms with Crippen LogP contribution < -0.4 is 4.74 Å². The van der Waals surface area contributed by atoms with Crippen LogP contribution in [0.1, 0.15) is 23.1 Å². The van der Waals surface area contributed by atoms with Gasteiger partial charge in [0.05, 0.1) is 7.11 Å². The molecular formula is C22H24N2O4. The Bertz CT molecular complexity index is 859. The number of hydrogen-bond acceptors (Lipinski definition) is 4. The standard InChI is InChI=1S/C22H24N2O4/c1-16-3-5-17(6-4-16)11-13-23-20(25)15-21(26)24(22(23)27)14-12-18-7-9-19(28-2)10-8-18/h3-10H,11-15H2,1-2H3. The Labute approximate surface area is 164 Å². The smallest absolute Gasteiger partial charge is 0.333 e. The molecule has 0 radical (unpaired) electrons. The number of benzene rings is 2. The molecule has 1 aliphatic rings. The Morgan fingerprint density at radius 1 is 0.786 bits per heavy atom. The average Bonchev–Trinajstić information content (AvgIpc) is 2.69. The molecular weight excluding hydrogens is 356 g/mol. The van der Waals surface area contributed by atoms with Crippen molar-refractivity contribution in [1.82, 2.24) is 9.80 Å². The summed E-state index contributed by atoms with van der Waals surface area (Å²) in [5.74, 6) is -0.111. The largest absolute Gasteiger partial charge is 0.497 e. The number of amides is 4. The molecule has 1 aliphatic heterocycles. The first-order valence-corrected chi connectivity index (χ1v) is 9.31. The van der Waals surface area contributed by atoms with Crippen molar-refractivity contribution in [2.24, 2.45) is 0 Å². The molecule has 0 atom stereocenters. The van der Waals surface area contributed by atoms with Crippen molar-refractivity contribution >= 4 is 17.8 Å². The zero-order valence-electron chi connectivity index (χ0n) is 16.2. The minimum atomic E-state index is -0.526. The van der Waals surface area contributed by atoms with Gasteiger partial charge in [-0.3, -0.25) is 19.4 Å². The summed E-state index contributed by atoms with van der Waals surface area (Å²) in [6.45, 7) is 2.53. The predicted octanol–water partition coefficient (Wildman–Crippen LogP) is 2.97. The number of barbiturate groups is 1. The summed E-state index contributed by atoms with van der Waals surface area (Å²) >= 11 is 0. The summed E-state index contributed by atoms with van der Waals surface area (Å²) in [6.07, 6.45) is 0.835. The molecule has 0 N–H and O–H groups in total. The maximum atomic E-state index is 12.7. The topological polar surface area (TPSA) is 66.9 Å². The van der Waals surface area contributed by atoms with Crippen LogP contribution >= 0.6 is 0 Å². The molecule has 0 saturated carbocycles. The summed E-state index contributed by atoms with van der Waals surface area (Å²) < 4.78 is 5.13. The van der Waals surface area contributed by atoms with Crippen LogP contribution in [0.2, 0.25) is 0 Å². The molecule has 0 aromatic heterocycles. The molecule has 0 aliphatic carbocycles. The van der Waals surface area contributed by atoms with Crippen LogP contribution in [0.3, 0.4) is 0 Å². The van der Waals surface area contributed by atoms with Crippen molar-refractivity contribution in [3.8, 4) is 5.75 Å². The van der Waals surface area contributed by atoms with Gasteiger partial charge in [-0.25, -0.2) is 4.79 Å². The fourth-order valence-electron chi connectivity index (χ4n) is 3.15. The first-order valence-electron chi connectivity index (χ1n) is 9.31. The molecule has 6 nitrogen and oxygen atoms in total. The van der Waals surface area contributed by atoms with Crippen molar-refractivity contribution in [2.45, 2.75) is 26.2 Å². The van der Waals surface area contributed by atoms with Crippen molar-refractivity contribution in [2.75, 3.05) is 20.2 Å². The molecule has 0 spiro atoms. The van der Waals surface area contributed by atoms with E-state index in [1.807, 2.05) is 55.5 Å². The number of ether oxygens (including phenoxy) is 1. The lowest BCUT2D eigenvalue weighted by atomic mass is 10.1. The lowest BCUT2D eigenvalue weighted by Gasteiger charge is -2.32. The summed E-state index contributed by atoms with van der Waals surface area (Å²) in [5, 5.41) is 0. The molecule has 2 aromatic rings. The Kier molecular flexibility index (Phi) is 6.09. The van der Waals surface area contributed by atoms with Gasteiger partial charge in [-0.1, -0.05) is 42.0 Å². The fraction of sp³-hybridized carbons (Fsp3) is 0.318. The van der Waals surface area contributed by atoms with Gasteiger partial charge in [0.25, 0.3) is 0 Å². The van der Waals surface area contributed by atoms with E-state index in [1.165, 1.54) is 9.80 Å². The van der Waals surface area contributed by atoms with Crippen molar-refractivity contribution in [1.29, 1.82) is 0 Å². The van der Waals surface area contributed by atoms with Gasteiger partial charge in [0.2, 0.25) is 11.8 Å². The number of carbonyl (C=O) groups excluding carboxylic acids is 3. The van der Waals surface area contributed by atoms with Gasteiger partial charge in [-0.15, -0.1) is 0 Å². The van der Waals surface area contributed by atoms with Crippen molar-refractivity contribution < 1.29 is 19.1 Å². The van der Waals surface area contributed by atoms with E-state index < -0.39 is 17.8 Å². The van der Waals surface area contributed by atoms with Crippen LogP contribution in [-0.4, -0.2) is 47.8 Å². The van der Waals surface area contributed by atoms with Crippen LogP contribution in [0.25, 0.3) is 0 Å². The van der Waals surface area contributed by atoms with Gasteiger partial charge in [-0.2, -0.15) is 0 Å². The van der Waals surface area contributed by atoms with Gasteiger partial charge in [0.1, 0.15) is 12.2 Å². The third-order valence-electron chi connectivity index (χ3n) is 4.89. The maximum Gasteiger partial charge on any atom is 0.333 e. The highest BCUT2D eigenvalue weighted by molar-refractivity contribution is 6.14. The Morgan fingerprint density at radius 3 is 1.71 bits per heavy atom. The number of methoxy groups -OCH3 is 1. The monoisotopic (exact) mass is 380 g/mol. The zero-order valence-corrected chi connectivity index (χ0v) is 16.2. The SMILES string of the molecule is COc1ccc(CCN2C(=O)CC(=O)N(CCc3ccc(C)cc3)C2=O)cc1. The minimum Gasteiger partial charge on any atom is -0.497 e. The van der Waals surface area contributed by atoms with Gasteiger partial charge >= 0.3 is 6.03 Å². The lowest BCUT2D eigenvalue weighted by molar-refractivity contribution is -0.142. The number of hydrogen-bond donors (Lipinski definition) is 0. The second-order valence-corrected chi connectivity index (χ2v) is 6.88. The number of rotatable bonds is 7. The highest BCUT2D eigenvalue weighted by Crippen LogP contribution is 2.16. The number of nitrogens with zero attached hydrogens (tertiary/aromatic N) is 2. The maximum absolute atomic E-state index is 12.7. The summed E-state index contributed by atoms with van der Waals surface area (Å²) in [5.41, 5.74) is 3.20. The van der Waals surface area contributed by atoms with E-state index in [1.54, 1.807) is 7.11 Å². The van der Waals surface area contributed by atoms with Crippen LogP contribution in [-0.2, 0) is 22.4 Å². The number of urea groups is 1. The highest BCUT2D eigenvalue weighted by Gasteiger charge is 2.37. The molecule has 2 aromatic carbocycles. The summed E-state index contributed by atoms with van der Waals surface area (Å²) in [6, 6.07) is 14.9. The lowest BCUT2D eigenvalue weighted by Crippen LogP contribution is -2.55. The molecule has 1 fully saturated rings. The van der Waals surface area contributed by atoms with Gasteiger partial charge < -0.3 is 4.74 Å². The first kappa shape index (κ1) is 19.6. The van der Waals surface area contributed by atoms with E-state index >= 15 is 0 Å². The molecule has 3 rings (SSSR count). The van der Waals surface area contributed by atoms with Crippen LogP contribution in [0, 0.1) is 6.92 Å². The normalized spacial score (nSPS) is 14.6. The third kappa shape index (κ3) is 4.57. The molecule has 4 amide bonds.